The van der Waals surface area contributed by atoms with E-state index in [1.165, 1.54) is 18.9 Å². The third-order valence-corrected chi connectivity index (χ3v) is 4.89. The SMILES string of the molecule is COC(=O)C1(Sc2ccccc2)CCCCCC1=O. The van der Waals surface area contributed by atoms with Gasteiger partial charge in [0.1, 0.15) is 0 Å². The molecule has 0 saturated heterocycles. The van der Waals surface area contributed by atoms with Gasteiger partial charge in [-0.05, 0) is 25.0 Å². The first kappa shape index (κ1) is 14.1. The molecule has 19 heavy (non-hydrogen) atoms. The zero-order valence-corrected chi connectivity index (χ0v) is 11.9. The lowest BCUT2D eigenvalue weighted by Crippen LogP contribution is -2.43. The lowest BCUT2D eigenvalue weighted by molar-refractivity contribution is -0.147. The molecule has 1 unspecified atom stereocenters. The molecule has 1 atom stereocenters. The molecule has 1 saturated carbocycles. The second-order valence-corrected chi connectivity index (χ2v) is 6.09. The number of benzene rings is 1. The van der Waals surface area contributed by atoms with E-state index in [2.05, 4.69) is 0 Å². The van der Waals surface area contributed by atoms with Crippen molar-refractivity contribution in [2.45, 2.75) is 41.7 Å². The molecule has 1 aromatic rings. The second-order valence-electron chi connectivity index (χ2n) is 4.72. The molecule has 1 aliphatic rings. The summed E-state index contributed by atoms with van der Waals surface area (Å²) in [6, 6.07) is 9.59. The standard InChI is InChI=1S/C15H18O3S/c1-18-14(17)15(11-7-3-6-10-13(15)16)19-12-8-4-2-5-9-12/h2,4-5,8-9H,3,6-7,10-11H2,1H3. The average Bonchev–Trinajstić information content (AvgIpc) is 2.62. The number of carbonyl (C=O) groups excluding carboxylic acids is 2. The summed E-state index contributed by atoms with van der Waals surface area (Å²) >= 11 is 1.34. The van der Waals surface area contributed by atoms with Crippen molar-refractivity contribution < 1.29 is 14.3 Å². The lowest BCUT2D eigenvalue weighted by atomic mass is 9.98. The summed E-state index contributed by atoms with van der Waals surface area (Å²) in [6.07, 6.45) is 3.79. The number of hydrogen-bond acceptors (Lipinski definition) is 4. The number of thioether (sulfide) groups is 1. The van der Waals surface area contributed by atoms with Gasteiger partial charge in [0.05, 0.1) is 7.11 Å². The Bertz CT molecular complexity index is 458. The van der Waals surface area contributed by atoms with Crippen LogP contribution in [-0.2, 0) is 14.3 Å². The van der Waals surface area contributed by atoms with E-state index in [4.69, 9.17) is 4.74 Å². The van der Waals surface area contributed by atoms with Gasteiger partial charge in [-0.2, -0.15) is 0 Å². The molecule has 0 heterocycles. The van der Waals surface area contributed by atoms with Gasteiger partial charge in [-0.25, -0.2) is 0 Å². The van der Waals surface area contributed by atoms with E-state index in [-0.39, 0.29) is 5.78 Å². The number of rotatable bonds is 3. The molecule has 1 fully saturated rings. The van der Waals surface area contributed by atoms with Crippen LogP contribution in [0.15, 0.2) is 35.2 Å². The van der Waals surface area contributed by atoms with Crippen LogP contribution in [0.25, 0.3) is 0 Å². The molecule has 1 aromatic carbocycles. The number of esters is 1. The Morgan fingerprint density at radius 2 is 1.95 bits per heavy atom. The molecule has 0 spiro atoms. The van der Waals surface area contributed by atoms with Gasteiger partial charge in [0.15, 0.2) is 10.5 Å². The quantitative estimate of drug-likeness (QED) is 0.484. The van der Waals surface area contributed by atoms with Gasteiger partial charge in [-0.3, -0.25) is 9.59 Å². The van der Waals surface area contributed by atoms with E-state index >= 15 is 0 Å². The summed E-state index contributed by atoms with van der Waals surface area (Å²) in [5.74, 6) is -0.404. The summed E-state index contributed by atoms with van der Waals surface area (Å²) in [6.45, 7) is 0. The Labute approximate surface area is 117 Å². The fourth-order valence-electron chi connectivity index (χ4n) is 2.40. The summed E-state index contributed by atoms with van der Waals surface area (Å²) in [7, 11) is 1.35. The van der Waals surface area contributed by atoms with E-state index in [0.29, 0.717) is 12.8 Å². The minimum absolute atomic E-state index is 0.00528. The maximum absolute atomic E-state index is 12.4. The Hall–Kier alpha value is -1.29. The van der Waals surface area contributed by atoms with Crippen molar-refractivity contribution in [3.8, 4) is 0 Å². The summed E-state index contributed by atoms with van der Waals surface area (Å²) in [5, 5.41) is 0. The number of ether oxygens (including phenoxy) is 1. The van der Waals surface area contributed by atoms with Gasteiger partial charge in [-0.1, -0.05) is 42.8 Å². The van der Waals surface area contributed by atoms with E-state index in [9.17, 15) is 9.59 Å². The molecule has 0 radical (unpaired) electrons. The molecule has 2 rings (SSSR count). The van der Waals surface area contributed by atoms with Crippen molar-refractivity contribution in [2.75, 3.05) is 7.11 Å². The van der Waals surface area contributed by atoms with E-state index in [0.717, 1.165) is 24.2 Å². The maximum atomic E-state index is 12.4. The van der Waals surface area contributed by atoms with E-state index in [1.807, 2.05) is 30.3 Å². The molecule has 1 aliphatic carbocycles. The molecule has 102 valence electrons. The van der Waals surface area contributed by atoms with Crippen LogP contribution in [-0.4, -0.2) is 23.6 Å². The highest BCUT2D eigenvalue weighted by Gasteiger charge is 2.47. The number of Topliss-reactive ketones (excluding diaryl/α,β-unsaturated/α-hetero) is 1. The van der Waals surface area contributed by atoms with Gasteiger partial charge in [0, 0.05) is 11.3 Å². The minimum Gasteiger partial charge on any atom is -0.468 e. The first-order valence-corrected chi connectivity index (χ1v) is 7.36. The molecule has 0 aliphatic heterocycles. The lowest BCUT2D eigenvalue weighted by Gasteiger charge is -2.27. The molecule has 0 bridgehead atoms. The van der Waals surface area contributed by atoms with E-state index in [1.54, 1.807) is 0 Å². The Morgan fingerprint density at radius 3 is 2.63 bits per heavy atom. The average molecular weight is 278 g/mol. The summed E-state index contributed by atoms with van der Waals surface area (Å²) in [4.78, 5) is 25.5. The van der Waals surface area contributed by atoms with Crippen LogP contribution < -0.4 is 0 Å². The first-order chi connectivity index (χ1) is 9.19. The van der Waals surface area contributed by atoms with Crippen LogP contribution in [0, 0.1) is 0 Å². The predicted molar refractivity (Wildman–Crippen MR) is 75.1 cm³/mol. The molecule has 0 aromatic heterocycles. The molecule has 4 heteroatoms. The smallest absolute Gasteiger partial charge is 0.329 e. The van der Waals surface area contributed by atoms with Crippen molar-refractivity contribution in [1.82, 2.24) is 0 Å². The molecular weight excluding hydrogens is 260 g/mol. The van der Waals surface area contributed by atoms with Gasteiger partial charge in [0.2, 0.25) is 0 Å². The van der Waals surface area contributed by atoms with Crippen LogP contribution >= 0.6 is 11.8 Å². The normalized spacial score (nSPS) is 23.7. The number of hydrogen-bond donors (Lipinski definition) is 0. The van der Waals surface area contributed by atoms with Crippen LogP contribution in [0.3, 0.4) is 0 Å². The highest BCUT2D eigenvalue weighted by atomic mass is 32.2. The van der Waals surface area contributed by atoms with Gasteiger partial charge in [0.25, 0.3) is 0 Å². The fourth-order valence-corrected chi connectivity index (χ4v) is 3.72. The number of carbonyl (C=O) groups is 2. The highest BCUT2D eigenvalue weighted by molar-refractivity contribution is 8.02. The molecule has 3 nitrogen and oxygen atoms in total. The third-order valence-electron chi connectivity index (χ3n) is 3.43. The number of ketones is 1. The molecular formula is C15H18O3S. The monoisotopic (exact) mass is 278 g/mol. The molecule has 0 amide bonds. The highest BCUT2D eigenvalue weighted by Crippen LogP contribution is 2.41. The summed E-state index contributed by atoms with van der Waals surface area (Å²) < 4.78 is 3.86. The minimum atomic E-state index is -1.05. The fraction of sp³-hybridized carbons (Fsp3) is 0.467. The van der Waals surface area contributed by atoms with Gasteiger partial charge < -0.3 is 4.74 Å². The maximum Gasteiger partial charge on any atom is 0.329 e. The Balaban J connectivity index is 2.33. The van der Waals surface area contributed by atoms with Crippen LogP contribution in [0.1, 0.15) is 32.1 Å². The predicted octanol–water partition coefficient (Wildman–Crippen LogP) is 3.22. The largest absolute Gasteiger partial charge is 0.468 e. The molecule has 0 N–H and O–H groups in total. The summed E-state index contributed by atoms with van der Waals surface area (Å²) in [5.41, 5.74) is 0. The van der Waals surface area contributed by atoms with Gasteiger partial charge in [-0.15, -0.1) is 0 Å². The van der Waals surface area contributed by atoms with Crippen molar-refractivity contribution in [3.05, 3.63) is 30.3 Å². The van der Waals surface area contributed by atoms with Crippen LogP contribution in [0.2, 0.25) is 0 Å². The first-order valence-electron chi connectivity index (χ1n) is 6.55. The Morgan fingerprint density at radius 1 is 1.21 bits per heavy atom. The zero-order valence-electron chi connectivity index (χ0n) is 11.1. The van der Waals surface area contributed by atoms with Crippen molar-refractivity contribution in [3.63, 3.8) is 0 Å². The van der Waals surface area contributed by atoms with Crippen molar-refractivity contribution in [1.29, 1.82) is 0 Å². The van der Waals surface area contributed by atoms with Crippen LogP contribution in [0.4, 0.5) is 0 Å². The van der Waals surface area contributed by atoms with Crippen molar-refractivity contribution >= 4 is 23.5 Å². The van der Waals surface area contributed by atoms with E-state index < -0.39 is 10.7 Å². The zero-order chi connectivity index (χ0) is 13.7. The third kappa shape index (κ3) is 3.00. The topological polar surface area (TPSA) is 43.4 Å². The second kappa shape index (κ2) is 6.24. The Kier molecular flexibility index (Phi) is 4.64. The van der Waals surface area contributed by atoms with Gasteiger partial charge >= 0.3 is 5.97 Å². The van der Waals surface area contributed by atoms with Crippen LogP contribution in [0.5, 0.6) is 0 Å². The number of methoxy groups -OCH3 is 1. The van der Waals surface area contributed by atoms with Crippen molar-refractivity contribution in [2.24, 2.45) is 0 Å².